The van der Waals surface area contributed by atoms with Crippen molar-refractivity contribution in [2.45, 2.75) is 32.4 Å². The Kier molecular flexibility index (Phi) is 3.71. The van der Waals surface area contributed by atoms with Crippen LogP contribution in [0, 0.1) is 0 Å². The van der Waals surface area contributed by atoms with Crippen LogP contribution in [0.2, 0.25) is 0 Å². The van der Waals surface area contributed by atoms with Gasteiger partial charge in [0.25, 0.3) is 0 Å². The van der Waals surface area contributed by atoms with Crippen LogP contribution in [0.3, 0.4) is 0 Å². The Labute approximate surface area is 83.0 Å². The van der Waals surface area contributed by atoms with Gasteiger partial charge in [0.05, 0.1) is 11.8 Å². The van der Waals surface area contributed by atoms with Gasteiger partial charge in [-0.15, -0.1) is 0 Å². The highest BCUT2D eigenvalue weighted by Gasteiger charge is 1.97. The van der Waals surface area contributed by atoms with E-state index in [4.69, 9.17) is 10.8 Å². The van der Waals surface area contributed by atoms with E-state index in [-0.39, 0.29) is 17.2 Å². The summed E-state index contributed by atoms with van der Waals surface area (Å²) in [4.78, 5) is 11.0. The van der Waals surface area contributed by atoms with Gasteiger partial charge in [-0.25, -0.2) is 0 Å². The van der Waals surface area contributed by atoms with Crippen molar-refractivity contribution in [2.75, 3.05) is 5.73 Å². The van der Waals surface area contributed by atoms with Gasteiger partial charge in [-0.05, 0) is 19.8 Å². The SMILES string of the molecule is CC(O)CCCn1ccc(=O)c(N)c1. The second-order valence-corrected chi connectivity index (χ2v) is 3.49. The van der Waals surface area contributed by atoms with Crippen LogP contribution in [-0.2, 0) is 6.54 Å². The number of anilines is 1. The minimum Gasteiger partial charge on any atom is -0.394 e. The number of pyridine rings is 1. The highest BCUT2D eigenvalue weighted by molar-refractivity contribution is 5.33. The molecule has 0 radical (unpaired) electrons. The Morgan fingerprint density at radius 1 is 1.64 bits per heavy atom. The van der Waals surface area contributed by atoms with Gasteiger partial charge >= 0.3 is 0 Å². The van der Waals surface area contributed by atoms with Crippen molar-refractivity contribution in [2.24, 2.45) is 0 Å². The third-order valence-corrected chi connectivity index (χ3v) is 2.05. The number of nitrogens with zero attached hydrogens (tertiary/aromatic N) is 1. The van der Waals surface area contributed by atoms with E-state index >= 15 is 0 Å². The summed E-state index contributed by atoms with van der Waals surface area (Å²) >= 11 is 0. The number of aryl methyl sites for hydroxylation is 1. The predicted molar refractivity (Wildman–Crippen MR) is 56.0 cm³/mol. The fraction of sp³-hybridized carbons (Fsp3) is 0.500. The van der Waals surface area contributed by atoms with Gasteiger partial charge in [-0.3, -0.25) is 4.79 Å². The molecule has 0 aliphatic carbocycles. The topological polar surface area (TPSA) is 68.2 Å². The number of aliphatic hydroxyl groups excluding tert-OH is 1. The Morgan fingerprint density at radius 2 is 2.36 bits per heavy atom. The summed E-state index contributed by atoms with van der Waals surface area (Å²) in [5, 5.41) is 9.05. The molecule has 1 unspecified atom stereocenters. The Hall–Kier alpha value is -1.29. The lowest BCUT2D eigenvalue weighted by molar-refractivity contribution is 0.179. The summed E-state index contributed by atoms with van der Waals surface area (Å²) in [5.41, 5.74) is 5.60. The number of aromatic nitrogens is 1. The van der Waals surface area contributed by atoms with E-state index in [9.17, 15) is 4.79 Å². The summed E-state index contributed by atoms with van der Waals surface area (Å²) in [6, 6.07) is 1.46. The minimum atomic E-state index is -0.272. The fourth-order valence-electron chi connectivity index (χ4n) is 1.25. The van der Waals surface area contributed by atoms with Gasteiger partial charge in [0.15, 0.2) is 0 Å². The number of aliphatic hydroxyl groups is 1. The number of nitrogen functional groups attached to an aromatic ring is 1. The standard InChI is InChI=1S/C10H16N2O2/c1-8(13)3-2-5-12-6-4-10(14)9(11)7-12/h4,6-8,13H,2-3,5,11H2,1H3. The molecule has 0 amide bonds. The molecule has 1 atom stereocenters. The molecule has 0 saturated heterocycles. The summed E-state index contributed by atoms with van der Waals surface area (Å²) in [6.45, 7) is 2.54. The lowest BCUT2D eigenvalue weighted by Gasteiger charge is -2.07. The summed E-state index contributed by atoms with van der Waals surface area (Å²) in [6.07, 6.45) is 4.70. The largest absolute Gasteiger partial charge is 0.394 e. The summed E-state index contributed by atoms with van der Waals surface area (Å²) in [5.74, 6) is 0. The maximum atomic E-state index is 11.0. The molecule has 78 valence electrons. The van der Waals surface area contributed by atoms with Crippen LogP contribution in [0.1, 0.15) is 19.8 Å². The van der Waals surface area contributed by atoms with Gasteiger partial charge < -0.3 is 15.4 Å². The zero-order chi connectivity index (χ0) is 10.6. The molecule has 4 heteroatoms. The highest BCUT2D eigenvalue weighted by atomic mass is 16.3. The molecule has 1 rings (SSSR count). The average Bonchev–Trinajstić information content (AvgIpc) is 2.10. The van der Waals surface area contributed by atoms with Crippen LogP contribution in [-0.4, -0.2) is 15.8 Å². The first-order valence-corrected chi connectivity index (χ1v) is 4.73. The first-order valence-electron chi connectivity index (χ1n) is 4.73. The molecule has 0 aliphatic rings. The summed E-state index contributed by atoms with van der Waals surface area (Å²) < 4.78 is 1.86. The van der Waals surface area contributed by atoms with E-state index in [0.29, 0.717) is 0 Å². The van der Waals surface area contributed by atoms with Crippen molar-refractivity contribution in [3.8, 4) is 0 Å². The zero-order valence-electron chi connectivity index (χ0n) is 8.31. The molecule has 0 aliphatic heterocycles. The third-order valence-electron chi connectivity index (χ3n) is 2.05. The maximum Gasteiger partial charge on any atom is 0.204 e. The molecule has 0 saturated carbocycles. The first kappa shape index (κ1) is 10.8. The lowest BCUT2D eigenvalue weighted by Crippen LogP contribution is -2.11. The molecule has 3 N–H and O–H groups in total. The van der Waals surface area contributed by atoms with Crippen molar-refractivity contribution < 1.29 is 5.11 Å². The maximum absolute atomic E-state index is 11.0. The number of rotatable bonds is 4. The number of hydrogen-bond acceptors (Lipinski definition) is 3. The predicted octanol–water partition coefficient (Wildman–Crippen LogP) is 0.592. The molecule has 1 heterocycles. The molecule has 14 heavy (non-hydrogen) atoms. The van der Waals surface area contributed by atoms with Crippen LogP contribution in [0.4, 0.5) is 5.69 Å². The van der Waals surface area contributed by atoms with Crippen molar-refractivity contribution in [1.82, 2.24) is 4.57 Å². The van der Waals surface area contributed by atoms with Crippen LogP contribution in [0.15, 0.2) is 23.3 Å². The molecule has 1 aromatic heterocycles. The van der Waals surface area contributed by atoms with Crippen molar-refractivity contribution >= 4 is 5.69 Å². The smallest absolute Gasteiger partial charge is 0.204 e. The van der Waals surface area contributed by atoms with Gasteiger partial charge in [-0.2, -0.15) is 0 Å². The van der Waals surface area contributed by atoms with Gasteiger partial charge in [0, 0.05) is 25.0 Å². The molecule has 4 nitrogen and oxygen atoms in total. The Balaban J connectivity index is 2.52. The molecule has 1 aromatic rings. The molecular weight excluding hydrogens is 180 g/mol. The molecule has 0 bridgehead atoms. The number of hydrogen-bond donors (Lipinski definition) is 2. The van der Waals surface area contributed by atoms with Gasteiger partial charge in [0.1, 0.15) is 0 Å². The highest BCUT2D eigenvalue weighted by Crippen LogP contribution is 2.00. The minimum absolute atomic E-state index is 0.142. The van der Waals surface area contributed by atoms with Crippen molar-refractivity contribution in [1.29, 1.82) is 0 Å². The van der Waals surface area contributed by atoms with Crippen LogP contribution in [0.25, 0.3) is 0 Å². The van der Waals surface area contributed by atoms with Crippen molar-refractivity contribution in [3.05, 3.63) is 28.7 Å². The van der Waals surface area contributed by atoms with E-state index < -0.39 is 0 Å². The van der Waals surface area contributed by atoms with Crippen LogP contribution < -0.4 is 11.2 Å². The van der Waals surface area contributed by atoms with Gasteiger partial charge in [-0.1, -0.05) is 0 Å². The van der Waals surface area contributed by atoms with Crippen LogP contribution in [0.5, 0.6) is 0 Å². The first-order chi connectivity index (χ1) is 6.59. The Bertz CT molecular complexity index is 344. The fourth-order valence-corrected chi connectivity index (χ4v) is 1.25. The zero-order valence-corrected chi connectivity index (χ0v) is 8.31. The molecule has 0 aromatic carbocycles. The molecule has 0 spiro atoms. The normalized spacial score (nSPS) is 12.7. The van der Waals surface area contributed by atoms with E-state index in [1.807, 2.05) is 4.57 Å². The lowest BCUT2D eigenvalue weighted by atomic mass is 10.2. The molecule has 0 fully saturated rings. The van der Waals surface area contributed by atoms with Crippen molar-refractivity contribution in [3.63, 3.8) is 0 Å². The Morgan fingerprint density at radius 3 is 2.93 bits per heavy atom. The molecular formula is C10H16N2O2. The summed E-state index contributed by atoms with van der Waals surface area (Å²) in [7, 11) is 0. The quantitative estimate of drug-likeness (QED) is 0.740. The van der Waals surface area contributed by atoms with Crippen LogP contribution >= 0.6 is 0 Å². The monoisotopic (exact) mass is 196 g/mol. The second-order valence-electron chi connectivity index (χ2n) is 3.49. The second kappa shape index (κ2) is 4.81. The van der Waals surface area contributed by atoms with E-state index in [2.05, 4.69) is 0 Å². The average molecular weight is 196 g/mol. The van der Waals surface area contributed by atoms with E-state index in [0.717, 1.165) is 19.4 Å². The van der Waals surface area contributed by atoms with E-state index in [1.54, 1.807) is 19.3 Å². The van der Waals surface area contributed by atoms with Gasteiger partial charge in [0.2, 0.25) is 5.43 Å². The van der Waals surface area contributed by atoms with E-state index in [1.165, 1.54) is 6.07 Å². The third kappa shape index (κ3) is 3.22. The number of nitrogens with two attached hydrogens (primary N) is 1.